The Labute approximate surface area is 124 Å². The first kappa shape index (κ1) is 15.5. The van der Waals surface area contributed by atoms with Gasteiger partial charge in [0.15, 0.2) is 5.00 Å². The molecule has 2 rings (SSSR count). The molecule has 20 heavy (non-hydrogen) atoms. The second-order valence-corrected chi connectivity index (χ2v) is 8.99. The van der Waals surface area contributed by atoms with Crippen molar-refractivity contribution in [1.29, 1.82) is 0 Å². The predicted octanol–water partition coefficient (Wildman–Crippen LogP) is 1.07. The number of nitrogens with zero attached hydrogens (tertiary/aromatic N) is 2. The van der Waals surface area contributed by atoms with Crippen LogP contribution in [0.1, 0.15) is 6.92 Å². The van der Waals surface area contributed by atoms with Crippen molar-refractivity contribution in [3.63, 3.8) is 0 Å². The molecule has 0 aliphatic carbocycles. The molecule has 0 saturated carbocycles. The maximum absolute atomic E-state index is 12.5. The smallest absolute Gasteiger partial charge is 0.306 e. The monoisotopic (exact) mass is 338 g/mol. The molecule has 0 amide bonds. The topological polar surface area (TPSA) is 119 Å². The first-order valence-corrected chi connectivity index (χ1v) is 9.03. The lowest BCUT2D eigenvalue weighted by atomic mass is 10.4. The maximum atomic E-state index is 12.5. The summed E-state index contributed by atoms with van der Waals surface area (Å²) in [5.41, 5.74) is 1.85. The third-order valence-electron chi connectivity index (χ3n) is 2.82. The lowest BCUT2D eigenvalue weighted by molar-refractivity contribution is -0.383. The Hall–Kier alpha value is -0.880. The summed E-state index contributed by atoms with van der Waals surface area (Å²) in [6, 6.07) is 1.06. The van der Waals surface area contributed by atoms with E-state index < -0.39 is 14.9 Å². The number of hydrogen-bond acceptors (Lipinski definition) is 8. The van der Waals surface area contributed by atoms with Crippen molar-refractivity contribution >= 4 is 43.8 Å². The molecule has 1 aliphatic rings. The molecule has 1 atom stereocenters. The average molecular weight is 338 g/mol. The van der Waals surface area contributed by atoms with E-state index in [0.29, 0.717) is 13.1 Å². The van der Waals surface area contributed by atoms with Crippen LogP contribution in [0.4, 0.5) is 10.7 Å². The molecule has 1 unspecified atom stereocenters. The van der Waals surface area contributed by atoms with Crippen molar-refractivity contribution in [2.24, 2.45) is 5.84 Å². The van der Waals surface area contributed by atoms with Gasteiger partial charge in [0.25, 0.3) is 10.0 Å². The number of thioether (sulfide) groups is 1. The maximum Gasteiger partial charge on any atom is 0.306 e. The minimum Gasteiger partial charge on any atom is -0.310 e. The first-order valence-electron chi connectivity index (χ1n) is 5.73. The Kier molecular flexibility index (Phi) is 4.54. The molecule has 0 aromatic carbocycles. The fourth-order valence-electron chi connectivity index (χ4n) is 1.86. The number of anilines is 1. The van der Waals surface area contributed by atoms with E-state index in [2.05, 4.69) is 5.43 Å². The number of hydrazine groups is 1. The Morgan fingerprint density at radius 1 is 1.60 bits per heavy atom. The summed E-state index contributed by atoms with van der Waals surface area (Å²) < 4.78 is 26.3. The SMILES string of the molecule is CC1CN(S(=O)(=O)c2cc([N+](=O)[O-])c(NN)s2)CCS1. The number of nitrogens with two attached hydrogens (primary N) is 1. The highest BCUT2D eigenvalue weighted by Crippen LogP contribution is 2.38. The summed E-state index contributed by atoms with van der Waals surface area (Å²) in [6.07, 6.45) is 0. The van der Waals surface area contributed by atoms with E-state index in [4.69, 9.17) is 5.84 Å². The van der Waals surface area contributed by atoms with E-state index in [0.717, 1.165) is 23.2 Å². The van der Waals surface area contributed by atoms with E-state index >= 15 is 0 Å². The molecule has 2 heterocycles. The largest absolute Gasteiger partial charge is 0.310 e. The van der Waals surface area contributed by atoms with Crippen molar-refractivity contribution in [2.75, 3.05) is 24.3 Å². The molecule has 0 spiro atoms. The van der Waals surface area contributed by atoms with Crippen LogP contribution in [0.3, 0.4) is 0 Å². The van der Waals surface area contributed by atoms with E-state index in [1.54, 1.807) is 11.8 Å². The third-order valence-corrected chi connectivity index (χ3v) is 7.32. The summed E-state index contributed by atoms with van der Waals surface area (Å²) in [5, 5.41) is 11.1. The molecular formula is C9H14N4O4S3. The van der Waals surface area contributed by atoms with Crippen LogP contribution in [0.25, 0.3) is 0 Å². The van der Waals surface area contributed by atoms with Crippen molar-refractivity contribution < 1.29 is 13.3 Å². The van der Waals surface area contributed by atoms with Gasteiger partial charge in [-0.2, -0.15) is 16.1 Å². The summed E-state index contributed by atoms with van der Waals surface area (Å²) in [5.74, 6) is 5.91. The number of sulfonamides is 1. The summed E-state index contributed by atoms with van der Waals surface area (Å²) in [6.45, 7) is 2.77. The number of hydrogen-bond donors (Lipinski definition) is 2. The highest BCUT2D eigenvalue weighted by atomic mass is 32.2. The Morgan fingerprint density at radius 2 is 2.30 bits per heavy atom. The van der Waals surface area contributed by atoms with E-state index in [9.17, 15) is 18.5 Å². The molecular weight excluding hydrogens is 324 g/mol. The molecule has 112 valence electrons. The van der Waals surface area contributed by atoms with Gasteiger partial charge in [-0.1, -0.05) is 18.3 Å². The Morgan fingerprint density at radius 3 is 2.80 bits per heavy atom. The Balaban J connectivity index is 2.36. The van der Waals surface area contributed by atoms with Crippen LogP contribution >= 0.6 is 23.1 Å². The van der Waals surface area contributed by atoms with Gasteiger partial charge in [-0.05, 0) is 0 Å². The summed E-state index contributed by atoms with van der Waals surface area (Å²) >= 11 is 2.48. The van der Waals surface area contributed by atoms with Gasteiger partial charge in [-0.15, -0.1) is 0 Å². The fraction of sp³-hybridized carbons (Fsp3) is 0.556. The van der Waals surface area contributed by atoms with Gasteiger partial charge >= 0.3 is 5.69 Å². The van der Waals surface area contributed by atoms with Crippen LogP contribution in [0, 0.1) is 10.1 Å². The standard InChI is InChI=1S/C9H14N4O4S3/c1-6-5-12(2-3-18-6)20(16,17)8-4-7(13(14)15)9(11-10)19-8/h4,6,11H,2-3,5,10H2,1H3. The highest BCUT2D eigenvalue weighted by Gasteiger charge is 2.33. The first-order chi connectivity index (χ1) is 9.36. The molecule has 1 saturated heterocycles. The molecule has 0 bridgehead atoms. The molecule has 11 heteroatoms. The number of nitro groups is 1. The number of nitrogen functional groups attached to an aromatic ring is 1. The van der Waals surface area contributed by atoms with E-state index in [1.165, 1.54) is 4.31 Å². The minimum atomic E-state index is -3.70. The van der Waals surface area contributed by atoms with E-state index in [-0.39, 0.29) is 20.1 Å². The van der Waals surface area contributed by atoms with Gasteiger partial charge in [0.2, 0.25) is 0 Å². The molecule has 1 fully saturated rings. The summed E-state index contributed by atoms with van der Waals surface area (Å²) in [7, 11) is -3.70. The zero-order valence-electron chi connectivity index (χ0n) is 10.6. The molecule has 0 radical (unpaired) electrons. The van der Waals surface area contributed by atoms with Crippen molar-refractivity contribution in [2.45, 2.75) is 16.4 Å². The van der Waals surface area contributed by atoms with Crippen LogP contribution in [-0.4, -0.2) is 41.7 Å². The van der Waals surface area contributed by atoms with Crippen LogP contribution < -0.4 is 11.3 Å². The average Bonchev–Trinajstić information content (AvgIpc) is 2.83. The molecule has 1 aromatic rings. The fourth-order valence-corrected chi connectivity index (χ4v) is 6.00. The molecule has 1 aromatic heterocycles. The number of rotatable bonds is 4. The summed E-state index contributed by atoms with van der Waals surface area (Å²) in [4.78, 5) is 10.2. The van der Waals surface area contributed by atoms with Crippen LogP contribution in [0.15, 0.2) is 10.3 Å². The molecule has 8 nitrogen and oxygen atoms in total. The van der Waals surface area contributed by atoms with Crippen LogP contribution in [0.5, 0.6) is 0 Å². The predicted molar refractivity (Wildman–Crippen MR) is 79.5 cm³/mol. The lowest BCUT2D eigenvalue weighted by Crippen LogP contribution is -2.40. The minimum absolute atomic E-state index is 0.0352. The van der Waals surface area contributed by atoms with Crippen LogP contribution in [-0.2, 0) is 10.0 Å². The highest BCUT2D eigenvalue weighted by molar-refractivity contribution is 8.00. The van der Waals surface area contributed by atoms with Crippen molar-refractivity contribution in [3.8, 4) is 0 Å². The second-order valence-electron chi connectivity index (χ2n) is 4.23. The second kappa shape index (κ2) is 5.85. The zero-order valence-corrected chi connectivity index (χ0v) is 13.1. The van der Waals surface area contributed by atoms with Crippen molar-refractivity contribution in [3.05, 3.63) is 16.2 Å². The zero-order chi connectivity index (χ0) is 14.9. The van der Waals surface area contributed by atoms with Gasteiger partial charge in [-0.25, -0.2) is 14.3 Å². The number of thiophene rings is 1. The van der Waals surface area contributed by atoms with Gasteiger partial charge < -0.3 is 5.43 Å². The van der Waals surface area contributed by atoms with Crippen LogP contribution in [0.2, 0.25) is 0 Å². The molecule has 3 N–H and O–H groups in total. The number of nitrogens with one attached hydrogen (secondary N) is 1. The molecule has 1 aliphatic heterocycles. The third kappa shape index (κ3) is 2.91. The van der Waals surface area contributed by atoms with Gasteiger partial charge in [0.05, 0.1) is 4.92 Å². The van der Waals surface area contributed by atoms with Gasteiger partial charge in [0, 0.05) is 30.2 Å². The lowest BCUT2D eigenvalue weighted by Gasteiger charge is -2.29. The van der Waals surface area contributed by atoms with Crippen molar-refractivity contribution in [1.82, 2.24) is 4.31 Å². The Bertz CT molecular complexity index is 615. The van der Waals surface area contributed by atoms with Gasteiger partial charge in [0.1, 0.15) is 4.21 Å². The normalized spacial score (nSPS) is 20.8. The quantitative estimate of drug-likeness (QED) is 0.479. The van der Waals surface area contributed by atoms with Gasteiger partial charge in [-0.3, -0.25) is 10.1 Å². The van der Waals surface area contributed by atoms with E-state index in [1.807, 2.05) is 6.92 Å².